The Morgan fingerprint density at radius 2 is 2.03 bits per heavy atom. The Morgan fingerprint density at radius 1 is 1.28 bits per heavy atom. The molecule has 1 atom stereocenters. The van der Waals surface area contributed by atoms with Crippen molar-refractivity contribution < 1.29 is 14.3 Å². The zero-order valence-corrected chi connectivity index (χ0v) is 18.1. The van der Waals surface area contributed by atoms with Gasteiger partial charge in [0.2, 0.25) is 11.9 Å². The zero-order chi connectivity index (χ0) is 20.5. The van der Waals surface area contributed by atoms with Crippen LogP contribution in [-0.2, 0) is 4.79 Å². The molecule has 2 aromatic carbocycles. The second-order valence-electron chi connectivity index (χ2n) is 6.24. The molecule has 2 aromatic rings. The first-order valence-electron chi connectivity index (χ1n) is 8.89. The highest BCUT2D eigenvalue weighted by atomic mass is 79.9. The molecule has 0 spiro atoms. The molecule has 2 aliphatic rings. The van der Waals surface area contributed by atoms with E-state index in [1.54, 1.807) is 37.4 Å². The van der Waals surface area contributed by atoms with Crippen molar-refractivity contribution in [1.29, 1.82) is 0 Å². The fourth-order valence-electron chi connectivity index (χ4n) is 3.13. The van der Waals surface area contributed by atoms with Crippen molar-refractivity contribution in [3.8, 4) is 5.75 Å². The van der Waals surface area contributed by atoms with E-state index in [1.165, 1.54) is 16.8 Å². The second kappa shape index (κ2) is 8.00. The molecule has 0 unspecified atom stereocenters. The fourth-order valence-corrected chi connectivity index (χ4v) is 4.07. The monoisotopic (exact) mass is 472 g/mol. The summed E-state index contributed by atoms with van der Waals surface area (Å²) in [5.41, 5.74) is 0.772. The third kappa shape index (κ3) is 3.67. The minimum atomic E-state index is -0.967. The number of carbonyl (C=O) groups excluding carboxylic acids is 2. The molecule has 4 rings (SSSR count). The summed E-state index contributed by atoms with van der Waals surface area (Å²) in [7, 11) is 1.57. The topological polar surface area (TPSA) is 83.4 Å². The average molecular weight is 473 g/mol. The van der Waals surface area contributed by atoms with E-state index in [0.717, 1.165) is 10.2 Å². The molecule has 2 aliphatic heterocycles. The molecule has 1 amide bonds. The molecule has 29 heavy (non-hydrogen) atoms. The number of ether oxygens (including phenoxy) is 1. The number of methoxy groups -OCH3 is 1. The van der Waals surface area contributed by atoms with Crippen molar-refractivity contribution in [3.63, 3.8) is 0 Å². The molecule has 0 radical (unpaired) electrons. The van der Waals surface area contributed by atoms with Gasteiger partial charge in [-0.15, -0.1) is 5.10 Å². The van der Waals surface area contributed by atoms with Gasteiger partial charge in [0.1, 0.15) is 11.4 Å². The Morgan fingerprint density at radius 3 is 2.72 bits per heavy atom. The quantitative estimate of drug-likeness (QED) is 0.686. The molecule has 9 heteroatoms. The lowest BCUT2D eigenvalue weighted by Crippen LogP contribution is -2.54. The summed E-state index contributed by atoms with van der Waals surface area (Å²) in [5.74, 6) is 0.830. The van der Waals surface area contributed by atoms with Crippen LogP contribution in [0.2, 0.25) is 0 Å². The van der Waals surface area contributed by atoms with Crippen molar-refractivity contribution in [3.05, 3.63) is 63.1 Å². The predicted molar refractivity (Wildman–Crippen MR) is 115 cm³/mol. The van der Waals surface area contributed by atoms with Gasteiger partial charge >= 0.3 is 0 Å². The van der Waals surface area contributed by atoms with E-state index in [4.69, 9.17) is 4.74 Å². The highest BCUT2D eigenvalue weighted by molar-refractivity contribution is 9.10. The van der Waals surface area contributed by atoms with Gasteiger partial charge in [-0.25, -0.2) is 10.0 Å². The number of halogens is 1. The van der Waals surface area contributed by atoms with Crippen LogP contribution in [0.15, 0.2) is 57.0 Å². The Labute approximate surface area is 179 Å². The Bertz CT molecular complexity index is 1150. The van der Waals surface area contributed by atoms with E-state index in [-0.39, 0.29) is 11.7 Å². The van der Waals surface area contributed by atoms with Crippen LogP contribution in [0.1, 0.15) is 17.3 Å². The SMILES string of the molecule is CCSC1=NN2C(=c3cc(Br)ccc3=N[C@@H]2C(=O)c2ccc(OC)cc2)C(=O)N1. The first-order valence-corrected chi connectivity index (χ1v) is 10.7. The van der Waals surface area contributed by atoms with Crippen LogP contribution >= 0.6 is 27.7 Å². The van der Waals surface area contributed by atoms with Gasteiger partial charge in [0, 0.05) is 15.3 Å². The third-order valence-electron chi connectivity index (χ3n) is 4.46. The molecular weight excluding hydrogens is 456 g/mol. The number of hydrogen-bond donors (Lipinski definition) is 1. The predicted octanol–water partition coefficient (Wildman–Crippen LogP) is 1.86. The number of benzene rings is 2. The smallest absolute Gasteiger partial charge is 0.276 e. The van der Waals surface area contributed by atoms with Crippen molar-refractivity contribution in [2.24, 2.45) is 10.1 Å². The third-order valence-corrected chi connectivity index (χ3v) is 5.70. The average Bonchev–Trinajstić information content (AvgIpc) is 2.72. The number of amides is 1. The van der Waals surface area contributed by atoms with Gasteiger partial charge < -0.3 is 4.74 Å². The minimum absolute atomic E-state index is 0.252. The number of hydrazone groups is 1. The van der Waals surface area contributed by atoms with E-state index in [9.17, 15) is 9.59 Å². The van der Waals surface area contributed by atoms with Gasteiger partial charge in [0.15, 0.2) is 5.17 Å². The van der Waals surface area contributed by atoms with E-state index < -0.39 is 6.17 Å². The van der Waals surface area contributed by atoms with Crippen LogP contribution in [-0.4, -0.2) is 40.9 Å². The van der Waals surface area contributed by atoms with Crippen LogP contribution in [0.4, 0.5) is 0 Å². The first kappa shape index (κ1) is 19.7. The van der Waals surface area contributed by atoms with Crippen molar-refractivity contribution in [2.75, 3.05) is 12.9 Å². The number of amidine groups is 1. The standard InChI is InChI=1S/C20H17BrN4O3S/c1-3-29-20-23-19(27)16-14-10-12(21)6-9-15(14)22-18(25(16)24-20)17(26)11-4-7-13(28-2)8-5-11/h4-10,18H,3H2,1-2H3,(H,23,24,27)/t18-/m0/s1. The van der Waals surface area contributed by atoms with Gasteiger partial charge in [0.05, 0.1) is 12.5 Å². The zero-order valence-electron chi connectivity index (χ0n) is 15.7. The number of nitrogens with zero attached hydrogens (tertiary/aromatic N) is 3. The lowest BCUT2D eigenvalue weighted by molar-refractivity contribution is -0.115. The first-order chi connectivity index (χ1) is 14.0. The summed E-state index contributed by atoms with van der Waals surface area (Å²) in [6.45, 7) is 1.96. The number of fused-ring (bicyclic) bond motifs is 2. The van der Waals surface area contributed by atoms with Crippen molar-refractivity contribution in [1.82, 2.24) is 10.3 Å². The fraction of sp³-hybridized carbons (Fsp3) is 0.200. The summed E-state index contributed by atoms with van der Waals surface area (Å²) in [6, 6.07) is 12.2. The van der Waals surface area contributed by atoms with Crippen molar-refractivity contribution >= 4 is 50.2 Å². The summed E-state index contributed by atoms with van der Waals surface area (Å²) in [4.78, 5) is 30.8. The molecule has 7 nitrogen and oxygen atoms in total. The number of carbonyl (C=O) groups is 2. The normalized spacial score (nSPS) is 17.6. The Balaban J connectivity index is 1.87. The number of ketones is 1. The lowest BCUT2D eigenvalue weighted by Gasteiger charge is -2.33. The van der Waals surface area contributed by atoms with Crippen LogP contribution in [0.3, 0.4) is 0 Å². The van der Waals surface area contributed by atoms with Gasteiger partial charge in [0.25, 0.3) is 5.91 Å². The van der Waals surface area contributed by atoms with Gasteiger partial charge in [-0.05, 0) is 48.2 Å². The Kier molecular flexibility index (Phi) is 5.42. The molecule has 0 saturated heterocycles. The molecule has 2 heterocycles. The maximum atomic E-state index is 13.3. The highest BCUT2D eigenvalue weighted by Crippen LogP contribution is 2.24. The molecule has 0 aromatic heterocycles. The van der Waals surface area contributed by atoms with E-state index in [1.807, 2.05) is 19.1 Å². The number of nitrogens with one attached hydrogen (secondary N) is 1. The summed E-state index contributed by atoms with van der Waals surface area (Å²) in [5, 5.41) is 10.4. The largest absolute Gasteiger partial charge is 0.497 e. The maximum absolute atomic E-state index is 13.3. The van der Waals surface area contributed by atoms with Crippen molar-refractivity contribution in [2.45, 2.75) is 13.1 Å². The summed E-state index contributed by atoms with van der Waals surface area (Å²) < 4.78 is 5.97. The van der Waals surface area contributed by atoms with Gasteiger partial charge in [-0.2, -0.15) is 0 Å². The molecule has 0 bridgehead atoms. The van der Waals surface area contributed by atoms with Crippen LogP contribution in [0.25, 0.3) is 5.70 Å². The van der Waals surface area contributed by atoms with E-state index in [2.05, 4.69) is 31.3 Å². The van der Waals surface area contributed by atoms with Gasteiger partial charge in [-0.3, -0.25) is 14.9 Å². The van der Waals surface area contributed by atoms with E-state index >= 15 is 0 Å². The number of rotatable bonds is 4. The highest BCUT2D eigenvalue weighted by Gasteiger charge is 2.37. The Hall–Kier alpha value is -2.65. The van der Waals surface area contributed by atoms with Crippen LogP contribution < -0.4 is 20.6 Å². The van der Waals surface area contributed by atoms with E-state index in [0.29, 0.717) is 32.8 Å². The summed E-state index contributed by atoms with van der Waals surface area (Å²) >= 11 is 4.83. The molecule has 148 valence electrons. The molecule has 0 saturated carbocycles. The van der Waals surface area contributed by atoms with Crippen LogP contribution in [0.5, 0.6) is 5.75 Å². The molecule has 1 N–H and O–H groups in total. The number of thioether (sulfide) groups is 1. The maximum Gasteiger partial charge on any atom is 0.276 e. The number of hydrogen-bond acceptors (Lipinski definition) is 7. The molecule has 0 aliphatic carbocycles. The minimum Gasteiger partial charge on any atom is -0.497 e. The molecule has 0 fully saturated rings. The van der Waals surface area contributed by atoms with Gasteiger partial charge in [-0.1, -0.05) is 34.6 Å². The second-order valence-corrected chi connectivity index (χ2v) is 8.41. The molecular formula is C20H17BrN4O3S. The van der Waals surface area contributed by atoms with Crippen LogP contribution in [0, 0.1) is 0 Å². The summed E-state index contributed by atoms with van der Waals surface area (Å²) in [6.07, 6.45) is -0.967. The number of Topliss-reactive ketones (excluding diaryl/α,β-unsaturated/α-hetero) is 1. The lowest BCUT2D eigenvalue weighted by atomic mass is 10.1.